The van der Waals surface area contributed by atoms with Gasteiger partial charge in [-0.25, -0.2) is 9.59 Å². The van der Waals surface area contributed by atoms with Crippen LogP contribution in [-0.2, 0) is 23.3 Å². The summed E-state index contributed by atoms with van der Waals surface area (Å²) < 4.78 is 129. The molecule has 3 aromatic rings. The second-order valence-electron chi connectivity index (χ2n) is 13.2. The van der Waals surface area contributed by atoms with E-state index < -0.39 is 70.6 Å². The highest BCUT2D eigenvalue weighted by Crippen LogP contribution is 2.47. The third-order valence-corrected chi connectivity index (χ3v) is 9.37. The van der Waals surface area contributed by atoms with Crippen LogP contribution in [0.1, 0.15) is 84.3 Å². The second kappa shape index (κ2) is 12.8. The fourth-order valence-electron chi connectivity index (χ4n) is 6.49. The minimum absolute atomic E-state index is 0.0139. The van der Waals surface area contributed by atoms with Gasteiger partial charge in [0.1, 0.15) is 6.10 Å². The van der Waals surface area contributed by atoms with E-state index in [1.165, 1.54) is 30.0 Å². The highest BCUT2D eigenvalue weighted by Gasteiger charge is 2.44. The van der Waals surface area contributed by atoms with E-state index in [1.807, 2.05) is 13.8 Å². The third kappa shape index (κ3) is 7.59. The molecule has 0 bridgehead atoms. The van der Waals surface area contributed by atoms with Crippen molar-refractivity contribution >= 4 is 29.2 Å². The summed E-state index contributed by atoms with van der Waals surface area (Å²) in [6.07, 6.45) is -16.2. The highest BCUT2D eigenvalue weighted by atomic mass is 35.5. The lowest BCUT2D eigenvalue weighted by molar-refractivity contribution is -0.143. The fourth-order valence-corrected chi connectivity index (χ4v) is 6.72. The van der Waals surface area contributed by atoms with Gasteiger partial charge in [-0.1, -0.05) is 37.6 Å². The molecule has 2 aliphatic rings. The Morgan fingerprint density at radius 3 is 2.08 bits per heavy atom. The molecule has 0 saturated carbocycles. The normalized spacial score (nSPS) is 19.9. The maximum Gasteiger partial charge on any atom is 0.417 e. The minimum Gasteiger partial charge on any atom is -0.478 e. The molecule has 1 aliphatic carbocycles. The number of carboxylic acid groups (broad SMARTS) is 1. The van der Waals surface area contributed by atoms with E-state index in [4.69, 9.17) is 16.3 Å². The van der Waals surface area contributed by atoms with Gasteiger partial charge in [0.05, 0.1) is 28.3 Å². The summed E-state index contributed by atoms with van der Waals surface area (Å²) >= 11 is 6.61. The Morgan fingerprint density at radius 1 is 0.900 bits per heavy atom. The monoisotopic (exact) mass is 733 g/mol. The number of alkyl halides is 9. The Balaban J connectivity index is 1.56. The molecule has 1 amide bonds. The van der Waals surface area contributed by atoms with Crippen LogP contribution in [-0.4, -0.2) is 34.7 Å². The molecular weight excluding hydrogens is 705 g/mol. The molecule has 1 fully saturated rings. The topological polar surface area (TPSA) is 66.8 Å². The van der Waals surface area contributed by atoms with Crippen LogP contribution in [0.4, 0.5) is 44.3 Å². The van der Waals surface area contributed by atoms with Gasteiger partial charge in [0.15, 0.2) is 0 Å². The van der Waals surface area contributed by atoms with Gasteiger partial charge in [-0.3, -0.25) is 4.90 Å². The number of benzene rings is 3. The summed E-state index contributed by atoms with van der Waals surface area (Å²) in [5, 5.41) is 9.44. The maximum absolute atomic E-state index is 14.1. The summed E-state index contributed by atoms with van der Waals surface area (Å²) in [6, 6.07) is 6.85. The molecule has 0 aromatic heterocycles. The van der Waals surface area contributed by atoms with Crippen molar-refractivity contribution in [3.63, 3.8) is 0 Å². The van der Waals surface area contributed by atoms with Gasteiger partial charge >= 0.3 is 30.6 Å². The van der Waals surface area contributed by atoms with Gasteiger partial charge in [-0.15, -0.1) is 0 Å². The Kier molecular flexibility index (Phi) is 9.52. The van der Waals surface area contributed by atoms with Gasteiger partial charge in [0.2, 0.25) is 0 Å². The quantitative estimate of drug-likeness (QED) is 0.256. The number of carboxylic acids is 1. The fraction of sp³-hybridized carbons (Fsp3) is 0.371. The van der Waals surface area contributed by atoms with E-state index in [1.54, 1.807) is 0 Å². The summed E-state index contributed by atoms with van der Waals surface area (Å²) in [6.45, 7) is 5.20. The number of aromatic carboxylic acids is 1. The standard InChI is InChI=1S/C35H29ClF9NO4/c1-17-29(20-10-22(33(37,38)39)14-23(11-20)34(40,41)42)50-31(49)46(17)16-21-15-32(2,3)9-8-24(21)26-12-18(5-7-28(26)36)25-6-4-19(30(47)48)13-27(25)35(43,44)45/h4-7,10-14,17,29H,8-9,15-16H2,1-3H3,(H,47,48)/t17-,29-/m0/s1. The first-order chi connectivity index (χ1) is 23.0. The van der Waals surface area contributed by atoms with Crippen molar-refractivity contribution in [2.45, 2.75) is 70.7 Å². The van der Waals surface area contributed by atoms with Crippen LogP contribution < -0.4 is 0 Å². The van der Waals surface area contributed by atoms with Crippen molar-refractivity contribution in [1.82, 2.24) is 4.90 Å². The Hall–Kier alpha value is -4.20. The zero-order valence-electron chi connectivity index (χ0n) is 26.6. The number of ether oxygens (including phenoxy) is 1. The largest absolute Gasteiger partial charge is 0.478 e. The molecule has 2 atom stereocenters. The smallest absolute Gasteiger partial charge is 0.417 e. The average molecular weight is 734 g/mol. The van der Waals surface area contributed by atoms with Crippen molar-refractivity contribution in [2.75, 3.05) is 6.54 Å². The second-order valence-corrected chi connectivity index (χ2v) is 13.6. The molecule has 0 unspecified atom stereocenters. The van der Waals surface area contributed by atoms with Crippen molar-refractivity contribution in [1.29, 1.82) is 0 Å². The van der Waals surface area contributed by atoms with E-state index in [9.17, 15) is 54.2 Å². The van der Waals surface area contributed by atoms with Crippen LogP contribution in [0.25, 0.3) is 16.7 Å². The SMILES string of the molecule is C[C@H]1[C@@H](c2cc(C(F)(F)F)cc(C(F)(F)F)c2)OC(=O)N1CC1=C(c2cc(-c3ccc(C(=O)O)cc3C(F)(F)F)ccc2Cl)CCC(C)(C)C1. The lowest BCUT2D eigenvalue weighted by Crippen LogP contribution is -2.35. The average Bonchev–Trinajstić information content (AvgIpc) is 3.28. The van der Waals surface area contributed by atoms with E-state index in [-0.39, 0.29) is 34.2 Å². The molecule has 268 valence electrons. The zero-order chi connectivity index (χ0) is 37.1. The highest BCUT2D eigenvalue weighted by molar-refractivity contribution is 6.32. The number of halogens is 10. The molecule has 1 saturated heterocycles. The van der Waals surface area contributed by atoms with Gasteiger partial charge in [0, 0.05) is 11.6 Å². The molecule has 3 aromatic carbocycles. The predicted molar refractivity (Wildman–Crippen MR) is 165 cm³/mol. The number of amides is 1. The van der Waals surface area contributed by atoms with Crippen LogP contribution in [0.15, 0.2) is 60.2 Å². The van der Waals surface area contributed by atoms with Gasteiger partial charge in [-0.05, 0) is 107 Å². The molecule has 5 rings (SSSR count). The van der Waals surface area contributed by atoms with E-state index >= 15 is 0 Å². The molecule has 1 heterocycles. The summed E-state index contributed by atoms with van der Waals surface area (Å²) in [7, 11) is 0. The molecule has 1 aliphatic heterocycles. The molecule has 1 N–H and O–H groups in total. The number of cyclic esters (lactones) is 1. The van der Waals surface area contributed by atoms with Crippen LogP contribution in [0.3, 0.4) is 0 Å². The van der Waals surface area contributed by atoms with Crippen LogP contribution >= 0.6 is 11.6 Å². The molecule has 0 radical (unpaired) electrons. The lowest BCUT2D eigenvalue weighted by Gasteiger charge is -2.36. The van der Waals surface area contributed by atoms with E-state index in [2.05, 4.69) is 0 Å². The number of allylic oxidation sites excluding steroid dienone is 1. The predicted octanol–water partition coefficient (Wildman–Crippen LogP) is 11.3. The van der Waals surface area contributed by atoms with Gasteiger partial charge in [0.25, 0.3) is 0 Å². The van der Waals surface area contributed by atoms with E-state index in [0.717, 1.165) is 12.1 Å². The number of carbonyl (C=O) groups excluding carboxylic acids is 1. The molecular formula is C35H29ClF9NO4. The zero-order valence-corrected chi connectivity index (χ0v) is 27.3. The van der Waals surface area contributed by atoms with Crippen LogP contribution in [0.5, 0.6) is 0 Å². The van der Waals surface area contributed by atoms with Crippen molar-refractivity contribution in [3.8, 4) is 11.1 Å². The number of hydrogen-bond acceptors (Lipinski definition) is 3. The molecule has 15 heteroatoms. The van der Waals surface area contributed by atoms with Crippen molar-refractivity contribution in [2.24, 2.45) is 5.41 Å². The van der Waals surface area contributed by atoms with Gasteiger partial charge < -0.3 is 9.84 Å². The van der Waals surface area contributed by atoms with Crippen molar-refractivity contribution in [3.05, 3.63) is 98.6 Å². The Bertz CT molecular complexity index is 1850. The minimum atomic E-state index is -5.11. The Morgan fingerprint density at radius 2 is 1.52 bits per heavy atom. The Labute approximate surface area is 285 Å². The molecule has 5 nitrogen and oxygen atoms in total. The first-order valence-electron chi connectivity index (χ1n) is 15.2. The van der Waals surface area contributed by atoms with Gasteiger partial charge in [-0.2, -0.15) is 39.5 Å². The molecule has 0 spiro atoms. The third-order valence-electron chi connectivity index (χ3n) is 9.04. The van der Waals surface area contributed by atoms with Crippen LogP contribution in [0.2, 0.25) is 5.02 Å². The summed E-state index contributed by atoms with van der Waals surface area (Å²) in [4.78, 5) is 25.8. The number of hydrogen-bond donors (Lipinski definition) is 1. The first-order valence-corrected chi connectivity index (χ1v) is 15.6. The number of nitrogens with zero attached hydrogens (tertiary/aromatic N) is 1. The summed E-state index contributed by atoms with van der Waals surface area (Å²) in [5.74, 6) is -1.54. The van der Waals surface area contributed by atoms with Crippen molar-refractivity contribution < 1.29 is 58.9 Å². The maximum atomic E-state index is 14.1. The number of carbonyl (C=O) groups is 2. The van der Waals surface area contributed by atoms with E-state index in [0.29, 0.717) is 54.2 Å². The molecule has 50 heavy (non-hydrogen) atoms. The summed E-state index contributed by atoms with van der Waals surface area (Å²) in [5.41, 5.74) is -4.26. The lowest BCUT2D eigenvalue weighted by atomic mass is 9.72. The number of rotatable bonds is 6. The van der Waals surface area contributed by atoms with Crippen LogP contribution in [0, 0.1) is 5.41 Å². The first kappa shape index (κ1) is 37.1.